The molecule has 0 saturated carbocycles. The zero-order valence-corrected chi connectivity index (χ0v) is 16.6. The molecule has 0 atom stereocenters. The maximum absolute atomic E-state index is 5.47. The first-order valence-electron chi connectivity index (χ1n) is 8.76. The van der Waals surface area contributed by atoms with E-state index in [-0.39, 0.29) is 0 Å². The summed E-state index contributed by atoms with van der Waals surface area (Å²) < 4.78 is 18.3. The Morgan fingerprint density at radius 2 is 1.81 bits per heavy atom. The first kappa shape index (κ1) is 20.3. The van der Waals surface area contributed by atoms with E-state index < -0.39 is 0 Å². The number of aromatic nitrogens is 3. The summed E-state index contributed by atoms with van der Waals surface area (Å²) in [6, 6.07) is 3.65. The molecule has 1 aromatic carbocycles. The van der Waals surface area contributed by atoms with Gasteiger partial charge in [0.25, 0.3) is 0 Å². The highest BCUT2D eigenvalue weighted by Crippen LogP contribution is 2.33. The van der Waals surface area contributed by atoms with E-state index in [4.69, 9.17) is 14.2 Å². The third-order valence-corrected chi connectivity index (χ3v) is 4.13. The molecule has 0 radical (unpaired) electrons. The smallest absolute Gasteiger partial charge is 0.191 e. The Balaban J connectivity index is 1.97. The minimum absolute atomic E-state index is 0.489. The van der Waals surface area contributed by atoms with Gasteiger partial charge in [-0.05, 0) is 0 Å². The lowest BCUT2D eigenvalue weighted by Gasteiger charge is -2.17. The Labute approximate surface area is 159 Å². The number of nitrogens with one attached hydrogen (secondary N) is 2. The van der Waals surface area contributed by atoms with Crippen LogP contribution < -0.4 is 24.8 Å². The van der Waals surface area contributed by atoms with Crippen molar-refractivity contribution in [2.75, 3.05) is 34.9 Å². The molecule has 0 aliphatic heterocycles. The van der Waals surface area contributed by atoms with Gasteiger partial charge in [-0.3, -0.25) is 4.99 Å². The standard InChI is InChI=1S/C18H28N6O3/c1-6-17-23-22-12-24(17)8-7-20-18(19-2)21-11-14-15(26-4)9-13(25-3)10-16(14)27-5/h9-10,12H,6-8,11H2,1-5H3,(H2,19,20,21). The van der Waals surface area contributed by atoms with E-state index in [0.717, 1.165) is 24.4 Å². The molecule has 0 spiro atoms. The zero-order chi connectivity index (χ0) is 19.6. The fourth-order valence-corrected chi connectivity index (χ4v) is 2.68. The summed E-state index contributed by atoms with van der Waals surface area (Å²) in [7, 11) is 6.58. The molecule has 0 aliphatic carbocycles. The number of benzene rings is 1. The minimum atomic E-state index is 0.489. The summed E-state index contributed by atoms with van der Waals surface area (Å²) in [5, 5.41) is 14.6. The predicted molar refractivity (Wildman–Crippen MR) is 104 cm³/mol. The van der Waals surface area contributed by atoms with Crippen molar-refractivity contribution in [1.82, 2.24) is 25.4 Å². The molecule has 1 aromatic heterocycles. The lowest BCUT2D eigenvalue weighted by atomic mass is 10.1. The Hall–Kier alpha value is -2.97. The molecular formula is C18H28N6O3. The van der Waals surface area contributed by atoms with Crippen LogP contribution in [0, 0.1) is 0 Å². The van der Waals surface area contributed by atoms with Crippen LogP contribution in [-0.2, 0) is 19.5 Å². The summed E-state index contributed by atoms with van der Waals surface area (Å²) >= 11 is 0. The molecular weight excluding hydrogens is 348 g/mol. The Bertz CT molecular complexity index is 734. The maximum Gasteiger partial charge on any atom is 0.191 e. The number of ether oxygens (including phenoxy) is 3. The number of guanidine groups is 1. The topological polar surface area (TPSA) is 94.8 Å². The second kappa shape index (κ2) is 10.2. The lowest BCUT2D eigenvalue weighted by Crippen LogP contribution is -2.38. The fourth-order valence-electron chi connectivity index (χ4n) is 2.68. The molecule has 27 heavy (non-hydrogen) atoms. The van der Waals surface area contributed by atoms with Crippen molar-refractivity contribution in [3.8, 4) is 17.2 Å². The molecule has 2 rings (SSSR count). The SMILES string of the molecule is CCc1nncn1CCNC(=NC)NCc1c(OC)cc(OC)cc1OC. The summed E-state index contributed by atoms with van der Waals surface area (Å²) in [5.41, 5.74) is 0.885. The molecule has 2 aromatic rings. The van der Waals surface area contributed by atoms with Gasteiger partial charge in [-0.2, -0.15) is 0 Å². The molecule has 2 N–H and O–H groups in total. The van der Waals surface area contributed by atoms with Gasteiger partial charge in [0.2, 0.25) is 0 Å². The van der Waals surface area contributed by atoms with Gasteiger partial charge in [0, 0.05) is 38.7 Å². The number of aliphatic imine (C=N–C) groups is 1. The maximum atomic E-state index is 5.47. The number of methoxy groups -OCH3 is 3. The molecule has 9 heteroatoms. The molecule has 0 unspecified atom stereocenters. The van der Waals surface area contributed by atoms with Gasteiger partial charge in [0.1, 0.15) is 29.4 Å². The molecule has 0 saturated heterocycles. The van der Waals surface area contributed by atoms with Crippen LogP contribution in [-0.4, -0.2) is 55.6 Å². The van der Waals surface area contributed by atoms with Crippen LogP contribution in [0.15, 0.2) is 23.5 Å². The van der Waals surface area contributed by atoms with Crippen molar-refractivity contribution < 1.29 is 14.2 Å². The first-order valence-corrected chi connectivity index (χ1v) is 8.76. The van der Waals surface area contributed by atoms with Crippen molar-refractivity contribution in [2.45, 2.75) is 26.4 Å². The van der Waals surface area contributed by atoms with E-state index in [1.807, 2.05) is 16.7 Å². The van der Waals surface area contributed by atoms with E-state index in [2.05, 4.69) is 32.7 Å². The van der Waals surface area contributed by atoms with Crippen molar-refractivity contribution in [2.24, 2.45) is 4.99 Å². The van der Waals surface area contributed by atoms with Gasteiger partial charge in [0.15, 0.2) is 5.96 Å². The summed E-state index contributed by atoms with van der Waals surface area (Å²) in [6.45, 7) is 4.00. The number of hydrogen-bond donors (Lipinski definition) is 2. The number of hydrogen-bond acceptors (Lipinski definition) is 6. The van der Waals surface area contributed by atoms with Gasteiger partial charge in [-0.25, -0.2) is 0 Å². The Kier molecular flexibility index (Phi) is 7.72. The Morgan fingerprint density at radius 3 is 2.37 bits per heavy atom. The molecule has 1 heterocycles. The molecule has 148 valence electrons. The third-order valence-electron chi connectivity index (χ3n) is 4.13. The van der Waals surface area contributed by atoms with Crippen LogP contribution in [0.2, 0.25) is 0 Å². The first-order chi connectivity index (χ1) is 13.2. The average molecular weight is 376 g/mol. The van der Waals surface area contributed by atoms with E-state index in [0.29, 0.717) is 36.3 Å². The van der Waals surface area contributed by atoms with E-state index in [9.17, 15) is 0 Å². The van der Waals surface area contributed by atoms with Crippen molar-refractivity contribution in [3.05, 3.63) is 29.8 Å². The zero-order valence-electron chi connectivity index (χ0n) is 16.6. The molecule has 0 fully saturated rings. The fraction of sp³-hybridized carbons (Fsp3) is 0.500. The normalized spacial score (nSPS) is 11.2. The number of rotatable bonds is 9. The third kappa shape index (κ3) is 5.25. The lowest BCUT2D eigenvalue weighted by molar-refractivity contribution is 0.368. The highest BCUT2D eigenvalue weighted by molar-refractivity contribution is 5.79. The highest BCUT2D eigenvalue weighted by atomic mass is 16.5. The van der Waals surface area contributed by atoms with Gasteiger partial charge in [0.05, 0.1) is 33.4 Å². The van der Waals surface area contributed by atoms with Gasteiger partial charge in [-0.1, -0.05) is 6.92 Å². The van der Waals surface area contributed by atoms with E-state index in [1.165, 1.54) is 0 Å². The van der Waals surface area contributed by atoms with Crippen molar-refractivity contribution in [3.63, 3.8) is 0 Å². The van der Waals surface area contributed by atoms with Crippen LogP contribution in [0.5, 0.6) is 17.2 Å². The van der Waals surface area contributed by atoms with Crippen LogP contribution >= 0.6 is 0 Å². The van der Waals surface area contributed by atoms with Crippen LogP contribution in [0.4, 0.5) is 0 Å². The summed E-state index contributed by atoms with van der Waals surface area (Å²) in [6.07, 6.45) is 2.59. The molecule has 9 nitrogen and oxygen atoms in total. The minimum Gasteiger partial charge on any atom is -0.496 e. The van der Waals surface area contributed by atoms with Gasteiger partial charge < -0.3 is 29.4 Å². The van der Waals surface area contributed by atoms with Crippen molar-refractivity contribution >= 4 is 5.96 Å². The second-order valence-corrected chi connectivity index (χ2v) is 5.66. The van der Waals surface area contributed by atoms with E-state index >= 15 is 0 Å². The quantitative estimate of drug-likeness (QED) is 0.502. The van der Waals surface area contributed by atoms with E-state index in [1.54, 1.807) is 34.7 Å². The van der Waals surface area contributed by atoms with Crippen LogP contribution in [0.3, 0.4) is 0 Å². The highest BCUT2D eigenvalue weighted by Gasteiger charge is 2.13. The Morgan fingerprint density at radius 1 is 1.11 bits per heavy atom. The molecule has 0 amide bonds. The second-order valence-electron chi connectivity index (χ2n) is 5.66. The number of nitrogens with zero attached hydrogens (tertiary/aromatic N) is 4. The average Bonchev–Trinajstić information content (AvgIpc) is 3.17. The largest absolute Gasteiger partial charge is 0.496 e. The predicted octanol–water partition coefficient (Wildman–Crippen LogP) is 1.23. The van der Waals surface area contributed by atoms with Gasteiger partial charge >= 0.3 is 0 Å². The summed E-state index contributed by atoms with van der Waals surface area (Å²) in [5.74, 6) is 3.70. The van der Waals surface area contributed by atoms with Crippen LogP contribution in [0.25, 0.3) is 0 Å². The monoisotopic (exact) mass is 376 g/mol. The van der Waals surface area contributed by atoms with Crippen molar-refractivity contribution in [1.29, 1.82) is 0 Å². The van der Waals surface area contributed by atoms with Gasteiger partial charge in [-0.15, -0.1) is 10.2 Å². The number of aryl methyl sites for hydroxylation is 1. The van der Waals surface area contributed by atoms with Crippen LogP contribution in [0.1, 0.15) is 18.3 Å². The molecule has 0 aliphatic rings. The summed E-state index contributed by atoms with van der Waals surface area (Å²) in [4.78, 5) is 4.26. The molecule has 0 bridgehead atoms.